The van der Waals surface area contributed by atoms with Crippen LogP contribution >= 0.6 is 0 Å². The maximum absolute atomic E-state index is 12.9. The highest BCUT2D eigenvalue weighted by Gasteiger charge is 2.25. The summed E-state index contributed by atoms with van der Waals surface area (Å²) in [4.78, 5) is 13.7. The van der Waals surface area contributed by atoms with Gasteiger partial charge in [-0.3, -0.25) is 9.52 Å². The van der Waals surface area contributed by atoms with Crippen molar-refractivity contribution in [2.24, 2.45) is 0 Å². The zero-order chi connectivity index (χ0) is 18.3. The molecule has 2 aromatic rings. The number of nitrogens with zero attached hydrogens (tertiary/aromatic N) is 1. The summed E-state index contributed by atoms with van der Waals surface area (Å²) in [6.45, 7) is 2.46. The van der Waals surface area contributed by atoms with Crippen molar-refractivity contribution in [1.29, 1.82) is 0 Å². The molecule has 2 aliphatic rings. The van der Waals surface area contributed by atoms with E-state index in [1.165, 1.54) is 0 Å². The van der Waals surface area contributed by atoms with Gasteiger partial charge >= 0.3 is 0 Å². The third-order valence-electron chi connectivity index (χ3n) is 4.47. The third kappa shape index (κ3) is 2.96. The van der Waals surface area contributed by atoms with Crippen LogP contribution in [-0.2, 0) is 14.8 Å². The predicted molar refractivity (Wildman–Crippen MR) is 96.1 cm³/mol. The van der Waals surface area contributed by atoms with Crippen LogP contribution in [0.1, 0.15) is 18.4 Å². The number of rotatable bonds is 4. The number of hydrogen-bond donors (Lipinski definition) is 1. The lowest BCUT2D eigenvalue weighted by Crippen LogP contribution is -2.24. The van der Waals surface area contributed by atoms with E-state index in [1.54, 1.807) is 48.2 Å². The summed E-state index contributed by atoms with van der Waals surface area (Å²) in [7, 11) is -3.82. The van der Waals surface area contributed by atoms with Crippen molar-refractivity contribution in [2.75, 3.05) is 23.0 Å². The third-order valence-corrected chi connectivity index (χ3v) is 5.99. The lowest BCUT2D eigenvalue weighted by molar-refractivity contribution is -0.117. The van der Waals surface area contributed by atoms with Crippen molar-refractivity contribution in [3.8, 4) is 11.5 Å². The first-order valence-corrected chi connectivity index (χ1v) is 9.76. The molecule has 26 heavy (non-hydrogen) atoms. The van der Waals surface area contributed by atoms with Gasteiger partial charge in [0.25, 0.3) is 10.0 Å². The van der Waals surface area contributed by atoms with Crippen LogP contribution < -0.4 is 19.1 Å². The van der Waals surface area contributed by atoms with Gasteiger partial charge < -0.3 is 14.4 Å². The molecular formula is C18H18N2O5S. The number of benzene rings is 2. The van der Waals surface area contributed by atoms with E-state index in [4.69, 9.17) is 9.47 Å². The first-order valence-electron chi connectivity index (χ1n) is 8.27. The minimum atomic E-state index is -3.82. The summed E-state index contributed by atoms with van der Waals surface area (Å²) in [5.41, 5.74) is 1.59. The number of aryl methyl sites for hydroxylation is 1. The molecule has 2 heterocycles. The maximum atomic E-state index is 12.9. The Hall–Kier alpha value is -2.74. The summed E-state index contributed by atoms with van der Waals surface area (Å²) < 4.78 is 38.8. The molecule has 0 unspecified atom stereocenters. The summed E-state index contributed by atoms with van der Waals surface area (Å²) in [6.07, 6.45) is 1.27. The van der Waals surface area contributed by atoms with E-state index in [1.807, 2.05) is 0 Å². The lowest BCUT2D eigenvalue weighted by atomic mass is 10.2. The average Bonchev–Trinajstić information content (AvgIpc) is 3.23. The molecule has 2 aromatic carbocycles. The van der Waals surface area contributed by atoms with Crippen molar-refractivity contribution < 1.29 is 22.7 Å². The van der Waals surface area contributed by atoms with Gasteiger partial charge in [0.05, 0.1) is 10.6 Å². The second kappa shape index (κ2) is 6.21. The SMILES string of the molecule is Cc1ccc(N2CCCC2=O)cc1S(=O)(=O)Nc1ccc2c(c1)OCO2. The first kappa shape index (κ1) is 16.7. The fraction of sp³-hybridized carbons (Fsp3) is 0.278. The summed E-state index contributed by atoms with van der Waals surface area (Å²) in [5.74, 6) is 1.10. The Morgan fingerprint density at radius 2 is 1.88 bits per heavy atom. The minimum absolute atomic E-state index is 0.0148. The molecule has 0 aromatic heterocycles. The fourth-order valence-electron chi connectivity index (χ4n) is 3.14. The molecule has 1 saturated heterocycles. The molecule has 0 radical (unpaired) electrons. The topological polar surface area (TPSA) is 84.9 Å². The highest BCUT2D eigenvalue weighted by atomic mass is 32.2. The van der Waals surface area contributed by atoms with E-state index in [-0.39, 0.29) is 17.6 Å². The van der Waals surface area contributed by atoms with Crippen LogP contribution in [-0.4, -0.2) is 27.7 Å². The van der Waals surface area contributed by atoms with Gasteiger partial charge in [0.1, 0.15) is 0 Å². The predicted octanol–water partition coefficient (Wildman–Crippen LogP) is 2.65. The fourth-order valence-corrected chi connectivity index (χ4v) is 4.45. The van der Waals surface area contributed by atoms with Gasteiger partial charge in [0, 0.05) is 24.7 Å². The number of ether oxygens (including phenoxy) is 2. The first-order chi connectivity index (χ1) is 12.4. The Balaban J connectivity index is 1.66. The molecule has 1 fully saturated rings. The van der Waals surface area contributed by atoms with Crippen LogP contribution in [0, 0.1) is 6.92 Å². The van der Waals surface area contributed by atoms with Gasteiger partial charge in [-0.25, -0.2) is 8.42 Å². The zero-order valence-corrected chi connectivity index (χ0v) is 15.0. The van der Waals surface area contributed by atoms with Crippen molar-refractivity contribution in [3.05, 3.63) is 42.0 Å². The Morgan fingerprint density at radius 1 is 1.08 bits per heavy atom. The second-order valence-corrected chi connectivity index (χ2v) is 7.92. The molecule has 0 saturated carbocycles. The van der Waals surface area contributed by atoms with Gasteiger partial charge in [-0.1, -0.05) is 6.07 Å². The molecule has 2 aliphatic heterocycles. The van der Waals surface area contributed by atoms with E-state index < -0.39 is 10.0 Å². The van der Waals surface area contributed by atoms with Gasteiger partial charge in [-0.05, 0) is 43.2 Å². The smallest absolute Gasteiger partial charge is 0.262 e. The number of carbonyl (C=O) groups is 1. The lowest BCUT2D eigenvalue weighted by Gasteiger charge is -2.18. The Morgan fingerprint density at radius 3 is 2.65 bits per heavy atom. The van der Waals surface area contributed by atoms with Crippen molar-refractivity contribution >= 4 is 27.3 Å². The van der Waals surface area contributed by atoms with Crippen LogP contribution in [0.25, 0.3) is 0 Å². The van der Waals surface area contributed by atoms with E-state index in [0.29, 0.717) is 41.4 Å². The minimum Gasteiger partial charge on any atom is -0.454 e. The second-order valence-electron chi connectivity index (χ2n) is 6.27. The molecule has 0 atom stereocenters. The Labute approximate surface area is 151 Å². The standard InChI is InChI=1S/C18H18N2O5S/c1-12-4-6-14(20-8-2-3-18(20)21)10-17(12)26(22,23)19-13-5-7-15-16(9-13)25-11-24-15/h4-7,9-10,19H,2-3,8,11H2,1H3. The number of carbonyl (C=O) groups excluding carboxylic acids is 1. The molecule has 4 rings (SSSR count). The van der Waals surface area contributed by atoms with Crippen LogP contribution in [0.15, 0.2) is 41.3 Å². The highest BCUT2D eigenvalue weighted by molar-refractivity contribution is 7.92. The molecule has 0 spiro atoms. The Bertz CT molecular complexity index is 987. The van der Waals surface area contributed by atoms with E-state index in [0.717, 1.165) is 6.42 Å². The number of sulfonamides is 1. The largest absolute Gasteiger partial charge is 0.454 e. The summed E-state index contributed by atoms with van der Waals surface area (Å²) in [6, 6.07) is 9.91. The quantitative estimate of drug-likeness (QED) is 0.889. The summed E-state index contributed by atoms with van der Waals surface area (Å²) >= 11 is 0. The summed E-state index contributed by atoms with van der Waals surface area (Å²) in [5, 5.41) is 0. The molecular weight excluding hydrogens is 356 g/mol. The average molecular weight is 374 g/mol. The molecule has 0 aliphatic carbocycles. The Kier molecular flexibility index (Phi) is 3.99. The van der Waals surface area contributed by atoms with Crippen LogP contribution in [0.2, 0.25) is 0 Å². The number of anilines is 2. The van der Waals surface area contributed by atoms with Crippen molar-refractivity contribution in [1.82, 2.24) is 0 Å². The van der Waals surface area contributed by atoms with Gasteiger partial charge in [-0.15, -0.1) is 0 Å². The number of fused-ring (bicyclic) bond motifs is 1. The maximum Gasteiger partial charge on any atom is 0.262 e. The molecule has 1 amide bonds. The molecule has 1 N–H and O–H groups in total. The number of amides is 1. The van der Waals surface area contributed by atoms with E-state index >= 15 is 0 Å². The molecule has 7 nitrogen and oxygen atoms in total. The highest BCUT2D eigenvalue weighted by Crippen LogP contribution is 2.35. The van der Waals surface area contributed by atoms with Gasteiger partial charge in [0.2, 0.25) is 12.7 Å². The van der Waals surface area contributed by atoms with Crippen LogP contribution in [0.3, 0.4) is 0 Å². The number of nitrogens with one attached hydrogen (secondary N) is 1. The van der Waals surface area contributed by atoms with E-state index in [9.17, 15) is 13.2 Å². The zero-order valence-electron chi connectivity index (χ0n) is 14.2. The van der Waals surface area contributed by atoms with Gasteiger partial charge in [0.15, 0.2) is 11.5 Å². The van der Waals surface area contributed by atoms with Crippen LogP contribution in [0.5, 0.6) is 11.5 Å². The van der Waals surface area contributed by atoms with E-state index in [2.05, 4.69) is 4.72 Å². The normalized spacial score (nSPS) is 16.2. The van der Waals surface area contributed by atoms with Crippen molar-refractivity contribution in [2.45, 2.75) is 24.7 Å². The molecule has 0 bridgehead atoms. The molecule has 136 valence electrons. The van der Waals surface area contributed by atoms with Gasteiger partial charge in [-0.2, -0.15) is 0 Å². The molecule has 8 heteroatoms. The number of hydrogen-bond acceptors (Lipinski definition) is 5. The monoisotopic (exact) mass is 374 g/mol. The van der Waals surface area contributed by atoms with Crippen molar-refractivity contribution in [3.63, 3.8) is 0 Å². The van der Waals surface area contributed by atoms with Crippen LogP contribution in [0.4, 0.5) is 11.4 Å².